The number of carbonyl (C=O) groups is 1. The molecule has 0 bridgehead atoms. The van der Waals surface area contributed by atoms with Gasteiger partial charge in [0.25, 0.3) is 0 Å². The summed E-state index contributed by atoms with van der Waals surface area (Å²) in [6, 6.07) is 20.2. The van der Waals surface area contributed by atoms with Crippen molar-refractivity contribution in [3.63, 3.8) is 0 Å². The van der Waals surface area contributed by atoms with Crippen molar-refractivity contribution in [1.29, 1.82) is 9.56 Å². The Kier molecular flexibility index (Phi) is 3.65. The number of aldehydes is 1. The van der Waals surface area contributed by atoms with Crippen LogP contribution in [0.4, 0.5) is 5.69 Å². The van der Waals surface area contributed by atoms with Gasteiger partial charge in [0.1, 0.15) is 0 Å². The van der Waals surface area contributed by atoms with Crippen LogP contribution < -0.4 is 4.72 Å². The number of hydrogen-bond acceptors (Lipinski definition) is 3. The average molecular weight is 309 g/mol. The minimum Gasteiger partial charge on any atom is -0.311 e. The van der Waals surface area contributed by atoms with Crippen LogP contribution in [0.1, 0.15) is 10.4 Å². The Labute approximate surface area is 129 Å². The van der Waals surface area contributed by atoms with E-state index in [9.17, 15) is 4.79 Å². The molecule has 0 aromatic heterocycles. The SMILES string of the molecule is N=S(=N)(Nc1ccccc1)c1cc(C=O)c2ccccc2c1. The van der Waals surface area contributed by atoms with Crippen LogP contribution in [-0.4, -0.2) is 6.29 Å². The third kappa shape index (κ3) is 2.71. The van der Waals surface area contributed by atoms with Crippen molar-refractivity contribution in [3.05, 3.63) is 72.3 Å². The van der Waals surface area contributed by atoms with Gasteiger partial charge in [0.05, 0.1) is 0 Å². The number of anilines is 1. The van der Waals surface area contributed by atoms with Crippen molar-refractivity contribution < 1.29 is 4.79 Å². The molecule has 0 saturated carbocycles. The van der Waals surface area contributed by atoms with E-state index in [0.717, 1.165) is 22.7 Å². The van der Waals surface area contributed by atoms with E-state index in [1.165, 1.54) is 0 Å². The molecule has 0 fully saturated rings. The Morgan fingerprint density at radius 3 is 2.32 bits per heavy atom. The monoisotopic (exact) mass is 309 g/mol. The van der Waals surface area contributed by atoms with E-state index < -0.39 is 9.81 Å². The highest BCUT2D eigenvalue weighted by atomic mass is 32.2. The molecule has 3 rings (SSSR count). The lowest BCUT2D eigenvalue weighted by Gasteiger charge is -2.16. The molecule has 0 spiro atoms. The fourth-order valence-corrected chi connectivity index (χ4v) is 3.54. The molecule has 0 aliphatic rings. The van der Waals surface area contributed by atoms with Crippen molar-refractivity contribution in [2.24, 2.45) is 0 Å². The molecule has 0 heterocycles. The van der Waals surface area contributed by atoms with Gasteiger partial charge in [0.2, 0.25) is 0 Å². The molecule has 22 heavy (non-hydrogen) atoms. The molecular weight excluding hydrogens is 294 g/mol. The molecule has 5 heteroatoms. The highest BCUT2D eigenvalue weighted by Gasteiger charge is 2.10. The summed E-state index contributed by atoms with van der Waals surface area (Å²) in [7, 11) is -2.75. The van der Waals surface area contributed by atoms with Gasteiger partial charge in [-0.3, -0.25) is 4.79 Å². The fraction of sp³-hybridized carbons (Fsp3) is 0. The maximum absolute atomic E-state index is 11.3. The number of nitrogens with one attached hydrogen (secondary N) is 3. The molecule has 0 amide bonds. The van der Waals surface area contributed by atoms with Gasteiger partial charge < -0.3 is 4.72 Å². The summed E-state index contributed by atoms with van der Waals surface area (Å²) >= 11 is 0. The molecule has 0 aliphatic heterocycles. The first-order chi connectivity index (χ1) is 10.6. The van der Waals surface area contributed by atoms with Crippen molar-refractivity contribution >= 4 is 32.6 Å². The normalized spacial score (nSPS) is 11.3. The summed E-state index contributed by atoms with van der Waals surface area (Å²) in [5.41, 5.74) is 1.24. The van der Waals surface area contributed by atoms with Crippen molar-refractivity contribution in [2.45, 2.75) is 4.90 Å². The van der Waals surface area contributed by atoms with E-state index in [-0.39, 0.29) is 0 Å². The zero-order chi connectivity index (χ0) is 15.6. The van der Waals surface area contributed by atoms with Gasteiger partial charge in [-0.25, -0.2) is 9.56 Å². The van der Waals surface area contributed by atoms with Crippen LogP contribution in [0.15, 0.2) is 71.6 Å². The largest absolute Gasteiger partial charge is 0.311 e. The molecule has 3 aromatic carbocycles. The van der Waals surface area contributed by atoms with Gasteiger partial charge in [-0.1, -0.05) is 42.5 Å². The molecule has 3 aromatic rings. The fourth-order valence-electron chi connectivity index (χ4n) is 2.33. The van der Waals surface area contributed by atoms with Crippen LogP contribution >= 0.6 is 0 Å². The predicted molar refractivity (Wildman–Crippen MR) is 90.5 cm³/mol. The second kappa shape index (κ2) is 5.61. The molecule has 0 radical (unpaired) electrons. The van der Waals surface area contributed by atoms with Crippen LogP contribution in [0, 0.1) is 9.56 Å². The quantitative estimate of drug-likeness (QED) is 0.610. The first-order valence-corrected chi connectivity index (χ1v) is 8.37. The Bertz CT molecular complexity index is 935. The lowest BCUT2D eigenvalue weighted by atomic mass is 10.1. The molecule has 4 nitrogen and oxygen atoms in total. The predicted octanol–water partition coefficient (Wildman–Crippen LogP) is 4.72. The van der Waals surface area contributed by atoms with Crippen LogP contribution in [0.5, 0.6) is 0 Å². The van der Waals surface area contributed by atoms with E-state index in [2.05, 4.69) is 4.72 Å². The highest BCUT2D eigenvalue weighted by molar-refractivity contribution is 7.94. The summed E-state index contributed by atoms with van der Waals surface area (Å²) in [5, 5.41) is 1.71. The summed E-state index contributed by atoms with van der Waals surface area (Å²) in [6.45, 7) is 0. The van der Waals surface area contributed by atoms with Crippen molar-refractivity contribution in [1.82, 2.24) is 0 Å². The van der Waals surface area contributed by atoms with Gasteiger partial charge in [-0.15, -0.1) is 0 Å². The summed E-state index contributed by atoms with van der Waals surface area (Å²) < 4.78 is 19.7. The summed E-state index contributed by atoms with van der Waals surface area (Å²) in [6.07, 6.45) is 0.782. The second-order valence-electron chi connectivity index (χ2n) is 4.93. The van der Waals surface area contributed by atoms with Crippen molar-refractivity contribution in [2.75, 3.05) is 4.72 Å². The summed E-state index contributed by atoms with van der Waals surface area (Å²) in [5.74, 6) is 0. The van der Waals surface area contributed by atoms with Crippen molar-refractivity contribution in [3.8, 4) is 0 Å². The molecule has 0 aliphatic carbocycles. The standard InChI is InChI=1S/C17H15N3OS/c18-22(19,20-15-7-2-1-3-8-15)16-10-13-6-4-5-9-17(13)14(11-16)12-21/h1-12H,(H3,18,19,20). The van der Waals surface area contributed by atoms with Crippen LogP contribution in [-0.2, 0) is 9.81 Å². The van der Waals surface area contributed by atoms with Gasteiger partial charge in [-0.05, 0) is 35.0 Å². The van der Waals surface area contributed by atoms with E-state index >= 15 is 0 Å². The van der Waals surface area contributed by atoms with E-state index in [0.29, 0.717) is 10.5 Å². The topological polar surface area (TPSA) is 76.8 Å². The number of hydrogen-bond donors (Lipinski definition) is 3. The molecule has 3 N–H and O–H groups in total. The lowest BCUT2D eigenvalue weighted by molar-refractivity contribution is 0.112. The number of fused-ring (bicyclic) bond motifs is 1. The third-order valence-corrected chi connectivity index (χ3v) is 4.88. The van der Waals surface area contributed by atoms with Crippen LogP contribution in [0.2, 0.25) is 0 Å². The third-order valence-electron chi connectivity index (χ3n) is 3.39. The van der Waals surface area contributed by atoms with Gasteiger partial charge >= 0.3 is 0 Å². The zero-order valence-electron chi connectivity index (χ0n) is 11.7. The lowest BCUT2D eigenvalue weighted by Crippen LogP contribution is -2.10. The molecule has 0 saturated heterocycles. The second-order valence-corrected chi connectivity index (χ2v) is 6.83. The number of carbonyl (C=O) groups excluding carboxylic acids is 1. The van der Waals surface area contributed by atoms with Gasteiger partial charge in [0, 0.05) is 26.0 Å². The Morgan fingerprint density at radius 2 is 1.59 bits per heavy atom. The number of rotatable bonds is 4. The first kappa shape index (κ1) is 14.3. The van der Waals surface area contributed by atoms with Crippen LogP contribution in [0.3, 0.4) is 0 Å². The van der Waals surface area contributed by atoms with E-state index in [4.69, 9.17) is 9.56 Å². The molecular formula is C17H15N3OS. The first-order valence-electron chi connectivity index (χ1n) is 6.73. The minimum absolute atomic E-state index is 0.511. The maximum atomic E-state index is 11.3. The Hall–Kier alpha value is -2.66. The minimum atomic E-state index is -2.75. The van der Waals surface area contributed by atoms with Gasteiger partial charge in [-0.2, -0.15) is 0 Å². The smallest absolute Gasteiger partial charge is 0.150 e. The average Bonchev–Trinajstić information content (AvgIpc) is 2.54. The van der Waals surface area contributed by atoms with E-state index in [1.807, 2.05) is 60.7 Å². The van der Waals surface area contributed by atoms with Crippen LogP contribution in [0.25, 0.3) is 10.8 Å². The zero-order valence-corrected chi connectivity index (χ0v) is 12.6. The molecule has 0 unspecified atom stereocenters. The Balaban J connectivity index is 2.11. The summed E-state index contributed by atoms with van der Waals surface area (Å²) in [4.78, 5) is 11.8. The maximum Gasteiger partial charge on any atom is 0.150 e. The highest BCUT2D eigenvalue weighted by Crippen LogP contribution is 2.25. The molecule has 110 valence electrons. The van der Waals surface area contributed by atoms with Gasteiger partial charge in [0.15, 0.2) is 6.29 Å². The Morgan fingerprint density at radius 1 is 0.909 bits per heavy atom. The number of para-hydroxylation sites is 1. The molecule has 0 atom stereocenters. The van der Waals surface area contributed by atoms with E-state index in [1.54, 1.807) is 6.07 Å². The number of benzene rings is 3.